The molecule has 0 bridgehead atoms. The Morgan fingerprint density at radius 1 is 0.738 bits per heavy atom. The number of fused-ring (bicyclic) bond motifs is 1. The van der Waals surface area contributed by atoms with E-state index in [9.17, 15) is 14.7 Å². The molecule has 0 aliphatic heterocycles. The van der Waals surface area contributed by atoms with Gasteiger partial charge in [-0.3, -0.25) is 9.59 Å². The van der Waals surface area contributed by atoms with E-state index in [-0.39, 0.29) is 12.2 Å². The van der Waals surface area contributed by atoms with Gasteiger partial charge in [0.2, 0.25) is 0 Å². The summed E-state index contributed by atoms with van der Waals surface area (Å²) in [7, 11) is 0. The van der Waals surface area contributed by atoms with Crippen LogP contribution in [0.5, 0.6) is 0 Å². The number of carbonyl (C=O) groups excluding carboxylic acids is 1. The second-order valence-electron chi connectivity index (χ2n) is 10.1. The second kappa shape index (κ2) is 11.8. The third-order valence-corrected chi connectivity index (χ3v) is 8.30. The first-order valence-electron chi connectivity index (χ1n) is 13.7. The zero-order chi connectivity index (χ0) is 29.1. The molecule has 1 unspecified atom stereocenters. The number of anilines is 3. The van der Waals surface area contributed by atoms with E-state index in [2.05, 4.69) is 53.4 Å². The molecule has 5 nitrogen and oxygen atoms in total. The quantitative estimate of drug-likeness (QED) is 0.188. The van der Waals surface area contributed by atoms with Gasteiger partial charge in [-0.2, -0.15) is 0 Å². The Labute approximate surface area is 248 Å². The first-order chi connectivity index (χ1) is 20.5. The summed E-state index contributed by atoms with van der Waals surface area (Å²) in [5.41, 5.74) is 7.26. The minimum Gasteiger partial charge on any atom is -0.481 e. The average molecular weight is 569 g/mol. The molecule has 0 amide bonds. The minimum absolute atomic E-state index is 0.0733. The molecule has 1 heterocycles. The fraction of sp³-hybridized carbons (Fsp3) is 0.0833. The number of thiazole rings is 1. The van der Waals surface area contributed by atoms with Crippen LogP contribution in [0, 0.1) is 0 Å². The number of Topliss-reactive ketones (excluding diaryl/α,β-unsaturated/α-hetero) is 1. The minimum atomic E-state index is -1.02. The van der Waals surface area contributed by atoms with Crippen LogP contribution in [0.1, 0.15) is 24.8 Å². The highest BCUT2D eigenvalue weighted by Crippen LogP contribution is 2.40. The van der Waals surface area contributed by atoms with Gasteiger partial charge in [-0.25, -0.2) is 4.98 Å². The van der Waals surface area contributed by atoms with Gasteiger partial charge in [-0.05, 0) is 78.2 Å². The van der Waals surface area contributed by atoms with E-state index < -0.39 is 11.9 Å². The number of carboxylic acids is 1. The summed E-state index contributed by atoms with van der Waals surface area (Å²) >= 11 is 1.52. The van der Waals surface area contributed by atoms with Crippen molar-refractivity contribution in [3.63, 3.8) is 0 Å². The number of aromatic nitrogens is 1. The van der Waals surface area contributed by atoms with Gasteiger partial charge in [0.15, 0.2) is 0 Å². The molecule has 42 heavy (non-hydrogen) atoms. The summed E-state index contributed by atoms with van der Waals surface area (Å²) in [6.07, 6.45) is -0.0733. The molecular formula is C36H28N2O3S. The summed E-state index contributed by atoms with van der Waals surface area (Å²) in [6.45, 7) is 1.43. The maximum absolute atomic E-state index is 12.3. The Bertz CT molecular complexity index is 1790. The highest BCUT2D eigenvalue weighted by Gasteiger charge is 2.26. The van der Waals surface area contributed by atoms with Gasteiger partial charge in [0.1, 0.15) is 10.8 Å². The van der Waals surface area contributed by atoms with Crippen molar-refractivity contribution in [3.8, 4) is 21.7 Å². The van der Waals surface area contributed by atoms with E-state index in [0.29, 0.717) is 5.56 Å². The van der Waals surface area contributed by atoms with Crippen LogP contribution in [0.15, 0.2) is 127 Å². The van der Waals surface area contributed by atoms with Crippen LogP contribution >= 0.6 is 11.3 Å². The topological polar surface area (TPSA) is 70.5 Å². The molecule has 0 saturated heterocycles. The third kappa shape index (κ3) is 5.57. The molecule has 0 radical (unpaired) electrons. The smallest absolute Gasteiger partial charge is 0.311 e. The number of hydrogen-bond acceptors (Lipinski definition) is 5. The molecule has 5 aromatic carbocycles. The van der Waals surface area contributed by atoms with Crippen molar-refractivity contribution in [2.24, 2.45) is 0 Å². The van der Waals surface area contributed by atoms with Crippen LogP contribution in [0.25, 0.3) is 31.9 Å². The van der Waals surface area contributed by atoms with Gasteiger partial charge >= 0.3 is 5.97 Å². The van der Waals surface area contributed by atoms with Crippen molar-refractivity contribution in [1.82, 2.24) is 4.98 Å². The summed E-state index contributed by atoms with van der Waals surface area (Å²) < 4.78 is 1.02. The highest BCUT2D eigenvalue weighted by atomic mass is 32.1. The van der Waals surface area contributed by atoms with Crippen molar-refractivity contribution in [2.45, 2.75) is 19.3 Å². The number of hydrogen-bond donors (Lipinski definition) is 1. The molecule has 0 saturated carbocycles. The van der Waals surface area contributed by atoms with E-state index in [1.807, 2.05) is 78.9 Å². The Balaban J connectivity index is 1.43. The molecule has 0 aliphatic carbocycles. The van der Waals surface area contributed by atoms with Crippen molar-refractivity contribution < 1.29 is 14.7 Å². The standard InChI is InChI=1S/C36H28N2O3S/c1-24(39)22-32(36(40)41)30-21-18-26(23-31(30)35-37-33-14-8-9-15-34(33)42-35)25-16-19-29(20-17-25)38(27-10-4-2-5-11-27)28-12-6-3-7-13-28/h2-21,23,32H,22H2,1H3,(H,40,41). The lowest BCUT2D eigenvalue weighted by Gasteiger charge is -2.25. The first kappa shape index (κ1) is 27.1. The Morgan fingerprint density at radius 3 is 1.90 bits per heavy atom. The number of carbonyl (C=O) groups is 2. The second-order valence-corrected chi connectivity index (χ2v) is 11.2. The summed E-state index contributed by atoms with van der Waals surface area (Å²) in [6, 6.07) is 42.5. The first-order valence-corrected chi connectivity index (χ1v) is 14.5. The molecule has 6 heteroatoms. The van der Waals surface area contributed by atoms with Crippen molar-refractivity contribution in [3.05, 3.63) is 133 Å². The third-order valence-electron chi connectivity index (χ3n) is 7.23. The molecule has 6 rings (SSSR count). The van der Waals surface area contributed by atoms with Crippen molar-refractivity contribution >= 4 is 50.4 Å². The van der Waals surface area contributed by atoms with Gasteiger partial charge in [0.05, 0.1) is 16.1 Å². The van der Waals surface area contributed by atoms with Crippen LogP contribution in [0.4, 0.5) is 17.1 Å². The molecule has 1 atom stereocenters. The van der Waals surface area contributed by atoms with Crippen LogP contribution < -0.4 is 4.90 Å². The maximum atomic E-state index is 12.3. The Kier molecular flexibility index (Phi) is 7.62. The maximum Gasteiger partial charge on any atom is 0.311 e. The molecule has 206 valence electrons. The van der Waals surface area contributed by atoms with Crippen molar-refractivity contribution in [1.29, 1.82) is 0 Å². The van der Waals surface area contributed by atoms with Crippen LogP contribution in [-0.4, -0.2) is 21.8 Å². The summed E-state index contributed by atoms with van der Waals surface area (Å²) in [5, 5.41) is 10.8. The van der Waals surface area contributed by atoms with Gasteiger partial charge in [0.25, 0.3) is 0 Å². The monoisotopic (exact) mass is 568 g/mol. The number of carboxylic acid groups (broad SMARTS) is 1. The summed E-state index contributed by atoms with van der Waals surface area (Å²) in [5.74, 6) is -2.14. The lowest BCUT2D eigenvalue weighted by Crippen LogP contribution is -2.16. The zero-order valence-corrected chi connectivity index (χ0v) is 23.8. The van der Waals surface area contributed by atoms with E-state index in [4.69, 9.17) is 4.98 Å². The number of nitrogens with zero attached hydrogens (tertiary/aromatic N) is 2. The number of ketones is 1. The van der Waals surface area contributed by atoms with Crippen LogP contribution in [0.2, 0.25) is 0 Å². The molecule has 0 fully saturated rings. The van der Waals surface area contributed by atoms with E-state index in [0.717, 1.165) is 49.0 Å². The predicted molar refractivity (Wildman–Crippen MR) is 171 cm³/mol. The number of aliphatic carboxylic acids is 1. The number of benzene rings is 5. The van der Waals surface area contributed by atoms with E-state index in [1.54, 1.807) is 0 Å². The zero-order valence-electron chi connectivity index (χ0n) is 23.0. The lowest BCUT2D eigenvalue weighted by atomic mass is 9.88. The SMILES string of the molecule is CC(=O)CC(C(=O)O)c1ccc(-c2ccc(N(c3ccccc3)c3ccccc3)cc2)cc1-c1nc2ccccc2s1. The summed E-state index contributed by atoms with van der Waals surface area (Å²) in [4.78, 5) is 31.4. The Hall–Kier alpha value is -5.07. The van der Waals surface area contributed by atoms with E-state index >= 15 is 0 Å². The molecule has 6 aromatic rings. The molecule has 1 N–H and O–H groups in total. The largest absolute Gasteiger partial charge is 0.481 e. The molecule has 1 aromatic heterocycles. The van der Waals surface area contributed by atoms with Crippen LogP contribution in [0.3, 0.4) is 0 Å². The van der Waals surface area contributed by atoms with Gasteiger partial charge in [0, 0.05) is 29.0 Å². The van der Waals surface area contributed by atoms with Crippen LogP contribution in [-0.2, 0) is 9.59 Å². The highest BCUT2D eigenvalue weighted by molar-refractivity contribution is 7.21. The Morgan fingerprint density at radius 2 is 1.31 bits per heavy atom. The fourth-order valence-electron chi connectivity index (χ4n) is 5.23. The number of para-hydroxylation sites is 3. The fourth-order valence-corrected chi connectivity index (χ4v) is 6.24. The van der Waals surface area contributed by atoms with E-state index in [1.165, 1.54) is 18.3 Å². The average Bonchev–Trinajstić information content (AvgIpc) is 3.45. The molecular weight excluding hydrogens is 540 g/mol. The normalized spacial score (nSPS) is 11.7. The van der Waals surface area contributed by atoms with Crippen molar-refractivity contribution in [2.75, 3.05) is 4.90 Å². The van der Waals surface area contributed by atoms with Gasteiger partial charge in [-0.1, -0.05) is 72.8 Å². The predicted octanol–water partition coefficient (Wildman–Crippen LogP) is 9.25. The lowest BCUT2D eigenvalue weighted by molar-refractivity contribution is -0.140. The molecule has 0 spiro atoms. The van der Waals surface area contributed by atoms with Gasteiger partial charge in [-0.15, -0.1) is 11.3 Å². The molecule has 0 aliphatic rings. The number of rotatable bonds is 9. The van der Waals surface area contributed by atoms with Gasteiger partial charge < -0.3 is 10.0 Å².